The molecule has 0 aliphatic heterocycles. The molecular formula is C19H24N2O3. The molecule has 24 heavy (non-hydrogen) atoms. The smallest absolute Gasteiger partial charge is 0.243 e. The van der Waals surface area contributed by atoms with Gasteiger partial charge in [-0.25, -0.2) is 0 Å². The van der Waals surface area contributed by atoms with Gasteiger partial charge in [-0.1, -0.05) is 25.1 Å². The molecule has 1 amide bonds. The van der Waals surface area contributed by atoms with Crippen molar-refractivity contribution in [3.8, 4) is 5.75 Å². The van der Waals surface area contributed by atoms with Crippen LogP contribution in [0.4, 0.5) is 11.4 Å². The molecule has 0 aliphatic carbocycles. The van der Waals surface area contributed by atoms with E-state index in [4.69, 9.17) is 4.74 Å². The number of methoxy groups -OCH3 is 1. The molecule has 2 aromatic rings. The van der Waals surface area contributed by atoms with E-state index in [1.165, 1.54) is 0 Å². The zero-order valence-corrected chi connectivity index (χ0v) is 14.1. The van der Waals surface area contributed by atoms with E-state index < -0.39 is 6.10 Å². The van der Waals surface area contributed by atoms with Crippen LogP contribution in [-0.4, -0.2) is 37.3 Å². The number of carbonyl (C=O) groups excluding carboxylic acids is 1. The summed E-state index contributed by atoms with van der Waals surface area (Å²) in [4.78, 5) is 14.2. The first kappa shape index (κ1) is 17.8. The van der Waals surface area contributed by atoms with Gasteiger partial charge in [0.05, 0.1) is 19.8 Å². The molecule has 5 nitrogen and oxygen atoms in total. The molecular weight excluding hydrogens is 304 g/mol. The number of nitrogens with zero attached hydrogens (tertiary/aromatic N) is 1. The van der Waals surface area contributed by atoms with E-state index in [-0.39, 0.29) is 12.5 Å². The number of anilines is 2. The number of aliphatic hydroxyl groups is 1. The predicted molar refractivity (Wildman–Crippen MR) is 96.6 cm³/mol. The van der Waals surface area contributed by atoms with Crippen molar-refractivity contribution in [2.24, 2.45) is 0 Å². The SMILES string of the molecule is CCC(O)CN(CC(=O)Nc1ccc(OC)cc1)c1ccccc1. The van der Waals surface area contributed by atoms with Gasteiger partial charge < -0.3 is 20.1 Å². The highest BCUT2D eigenvalue weighted by Crippen LogP contribution is 2.17. The molecule has 1 unspecified atom stereocenters. The first-order valence-corrected chi connectivity index (χ1v) is 8.04. The zero-order chi connectivity index (χ0) is 17.4. The first-order chi connectivity index (χ1) is 11.6. The van der Waals surface area contributed by atoms with Gasteiger partial charge in [0.2, 0.25) is 5.91 Å². The predicted octanol–water partition coefficient (Wildman–Crippen LogP) is 2.91. The number of para-hydroxylation sites is 1. The lowest BCUT2D eigenvalue weighted by atomic mass is 10.2. The normalized spacial score (nSPS) is 11.6. The molecule has 0 saturated carbocycles. The summed E-state index contributed by atoms with van der Waals surface area (Å²) in [5.41, 5.74) is 1.62. The van der Waals surface area contributed by atoms with E-state index in [0.29, 0.717) is 18.7 Å². The van der Waals surface area contributed by atoms with Gasteiger partial charge in [0.15, 0.2) is 0 Å². The molecule has 1 atom stereocenters. The number of carbonyl (C=O) groups is 1. The molecule has 0 spiro atoms. The molecule has 128 valence electrons. The summed E-state index contributed by atoms with van der Waals surface area (Å²) in [5.74, 6) is 0.609. The number of benzene rings is 2. The van der Waals surface area contributed by atoms with Gasteiger partial charge in [0, 0.05) is 17.9 Å². The minimum atomic E-state index is -0.473. The summed E-state index contributed by atoms with van der Waals surface area (Å²) in [7, 11) is 1.60. The van der Waals surface area contributed by atoms with Crippen molar-refractivity contribution >= 4 is 17.3 Å². The minimum Gasteiger partial charge on any atom is -0.497 e. The molecule has 2 rings (SSSR count). The summed E-state index contributed by atoms with van der Waals surface area (Å²) in [6, 6.07) is 16.8. The standard InChI is InChI=1S/C19H24N2O3/c1-3-17(22)13-21(16-7-5-4-6-8-16)14-19(23)20-15-9-11-18(24-2)12-10-15/h4-12,17,22H,3,13-14H2,1-2H3,(H,20,23). The third kappa shape index (κ3) is 5.28. The molecule has 0 aromatic heterocycles. The molecule has 0 bridgehead atoms. The van der Waals surface area contributed by atoms with E-state index in [1.54, 1.807) is 31.4 Å². The average molecular weight is 328 g/mol. The van der Waals surface area contributed by atoms with E-state index in [2.05, 4.69) is 5.32 Å². The number of ether oxygens (including phenoxy) is 1. The van der Waals surface area contributed by atoms with E-state index in [0.717, 1.165) is 11.4 Å². The van der Waals surface area contributed by atoms with Gasteiger partial charge in [0.25, 0.3) is 0 Å². The number of hydrogen-bond donors (Lipinski definition) is 2. The third-order valence-corrected chi connectivity index (χ3v) is 3.73. The van der Waals surface area contributed by atoms with Crippen LogP contribution in [0.1, 0.15) is 13.3 Å². The van der Waals surface area contributed by atoms with Gasteiger partial charge in [-0.05, 0) is 42.8 Å². The van der Waals surface area contributed by atoms with E-state index in [1.807, 2.05) is 42.2 Å². The second kappa shape index (κ2) is 8.93. The Balaban J connectivity index is 2.03. The van der Waals surface area contributed by atoms with Crippen molar-refractivity contribution in [1.29, 1.82) is 0 Å². The molecule has 0 aliphatic rings. The zero-order valence-electron chi connectivity index (χ0n) is 14.1. The Kier molecular flexibility index (Phi) is 6.63. The lowest BCUT2D eigenvalue weighted by Gasteiger charge is -2.26. The number of aliphatic hydroxyl groups excluding tert-OH is 1. The summed E-state index contributed by atoms with van der Waals surface area (Å²) < 4.78 is 5.10. The Morgan fingerprint density at radius 3 is 2.42 bits per heavy atom. The number of amides is 1. The first-order valence-electron chi connectivity index (χ1n) is 8.04. The fourth-order valence-corrected chi connectivity index (χ4v) is 2.33. The number of rotatable bonds is 8. The molecule has 0 radical (unpaired) electrons. The van der Waals surface area contributed by atoms with Gasteiger partial charge >= 0.3 is 0 Å². The highest BCUT2D eigenvalue weighted by Gasteiger charge is 2.15. The molecule has 2 aromatic carbocycles. The van der Waals surface area contributed by atoms with Gasteiger partial charge in [-0.15, -0.1) is 0 Å². The fourth-order valence-electron chi connectivity index (χ4n) is 2.33. The lowest BCUT2D eigenvalue weighted by Crippen LogP contribution is -2.38. The lowest BCUT2D eigenvalue weighted by molar-refractivity contribution is -0.115. The summed E-state index contributed by atoms with van der Waals surface area (Å²) in [5, 5.41) is 12.8. The summed E-state index contributed by atoms with van der Waals surface area (Å²) in [6.45, 7) is 2.51. The second-order valence-electron chi connectivity index (χ2n) is 5.55. The van der Waals surface area contributed by atoms with Crippen LogP contribution in [0.3, 0.4) is 0 Å². The Morgan fingerprint density at radius 2 is 1.83 bits per heavy atom. The highest BCUT2D eigenvalue weighted by atomic mass is 16.5. The largest absolute Gasteiger partial charge is 0.497 e. The Morgan fingerprint density at radius 1 is 1.17 bits per heavy atom. The quantitative estimate of drug-likeness (QED) is 0.782. The van der Waals surface area contributed by atoms with Gasteiger partial charge in [0.1, 0.15) is 5.75 Å². The second-order valence-corrected chi connectivity index (χ2v) is 5.55. The van der Waals surface area contributed by atoms with Crippen molar-refractivity contribution in [3.63, 3.8) is 0 Å². The van der Waals surface area contributed by atoms with Crippen molar-refractivity contribution < 1.29 is 14.6 Å². The molecule has 2 N–H and O–H groups in total. The topological polar surface area (TPSA) is 61.8 Å². The van der Waals surface area contributed by atoms with Crippen LogP contribution in [-0.2, 0) is 4.79 Å². The van der Waals surface area contributed by atoms with E-state index in [9.17, 15) is 9.90 Å². The maximum atomic E-state index is 12.4. The number of hydrogen-bond acceptors (Lipinski definition) is 4. The van der Waals surface area contributed by atoms with Crippen molar-refractivity contribution in [1.82, 2.24) is 0 Å². The monoisotopic (exact) mass is 328 g/mol. The maximum absolute atomic E-state index is 12.4. The minimum absolute atomic E-state index is 0.132. The maximum Gasteiger partial charge on any atom is 0.243 e. The molecule has 0 heterocycles. The molecule has 5 heteroatoms. The van der Waals surface area contributed by atoms with Crippen LogP contribution in [0, 0.1) is 0 Å². The van der Waals surface area contributed by atoms with Crippen LogP contribution in [0.15, 0.2) is 54.6 Å². The Labute approximate surface area is 142 Å². The van der Waals surface area contributed by atoms with Crippen molar-refractivity contribution in [2.75, 3.05) is 30.4 Å². The Hall–Kier alpha value is -2.53. The Bertz CT molecular complexity index is 629. The fraction of sp³-hybridized carbons (Fsp3) is 0.316. The van der Waals surface area contributed by atoms with Crippen LogP contribution >= 0.6 is 0 Å². The van der Waals surface area contributed by atoms with E-state index >= 15 is 0 Å². The van der Waals surface area contributed by atoms with Crippen molar-refractivity contribution in [2.45, 2.75) is 19.4 Å². The highest BCUT2D eigenvalue weighted by molar-refractivity contribution is 5.94. The van der Waals surface area contributed by atoms with Crippen LogP contribution in [0.25, 0.3) is 0 Å². The van der Waals surface area contributed by atoms with Crippen LogP contribution in [0.5, 0.6) is 5.75 Å². The summed E-state index contributed by atoms with van der Waals surface area (Å²) in [6.07, 6.45) is 0.169. The summed E-state index contributed by atoms with van der Waals surface area (Å²) >= 11 is 0. The molecule has 0 fully saturated rings. The third-order valence-electron chi connectivity index (χ3n) is 3.73. The van der Waals surface area contributed by atoms with Gasteiger partial charge in [-0.3, -0.25) is 4.79 Å². The number of nitrogens with one attached hydrogen (secondary N) is 1. The van der Waals surface area contributed by atoms with Crippen LogP contribution in [0.2, 0.25) is 0 Å². The van der Waals surface area contributed by atoms with Crippen molar-refractivity contribution in [3.05, 3.63) is 54.6 Å². The van der Waals surface area contributed by atoms with Gasteiger partial charge in [-0.2, -0.15) is 0 Å². The van der Waals surface area contributed by atoms with Crippen LogP contribution < -0.4 is 15.0 Å². The molecule has 0 saturated heterocycles. The average Bonchev–Trinajstić information content (AvgIpc) is 2.62.